The van der Waals surface area contributed by atoms with Crippen molar-refractivity contribution in [3.8, 4) is 0 Å². The molecule has 0 fully saturated rings. The van der Waals surface area contributed by atoms with Crippen molar-refractivity contribution >= 4 is 52.4 Å². The molecule has 0 N–H and O–H groups in total. The normalized spacial score (nSPS) is 10.6. The summed E-state index contributed by atoms with van der Waals surface area (Å²) in [6.07, 6.45) is -0.416. The van der Waals surface area contributed by atoms with E-state index >= 15 is 0 Å². The zero-order valence-electron chi connectivity index (χ0n) is 13.9. The van der Waals surface area contributed by atoms with Crippen LogP contribution in [-0.4, -0.2) is 12.7 Å². The van der Waals surface area contributed by atoms with E-state index in [2.05, 4.69) is 0 Å². The van der Waals surface area contributed by atoms with Crippen LogP contribution in [0.2, 0.25) is 0 Å². The number of nitrogens with zero attached hydrogens (tertiary/aromatic N) is 3. The number of anilines is 3. The van der Waals surface area contributed by atoms with Crippen molar-refractivity contribution in [3.63, 3.8) is 0 Å². The van der Waals surface area contributed by atoms with E-state index < -0.39 is 6.17 Å². The molecule has 0 aliphatic carbocycles. The Balaban J connectivity index is 1.88. The van der Waals surface area contributed by atoms with Gasteiger partial charge in [-0.1, -0.05) is 54.6 Å². The van der Waals surface area contributed by atoms with Gasteiger partial charge in [-0.3, -0.25) is 13.3 Å². The maximum absolute atomic E-state index is 6.67. The number of rotatable bonds is 7. The number of para-hydroxylation sites is 3. The molecule has 0 aliphatic rings. The monoisotopic (exact) mass is 405 g/mol. The number of hydrogen-bond donors (Lipinski definition) is 0. The predicted octanol–water partition coefficient (Wildman–Crippen LogP) is 6.29. The van der Waals surface area contributed by atoms with Gasteiger partial charge in [0.2, 0.25) is 0 Å². The van der Waals surface area contributed by atoms with E-state index in [0.717, 1.165) is 17.1 Å². The minimum Gasteiger partial charge on any atom is -0.281 e. The third-order valence-corrected chi connectivity index (χ3v) is 5.06. The molecule has 26 heavy (non-hydrogen) atoms. The van der Waals surface area contributed by atoms with Gasteiger partial charge in [-0.2, -0.15) is 0 Å². The summed E-state index contributed by atoms with van der Waals surface area (Å²) in [5, 5.41) is 0. The van der Waals surface area contributed by atoms with Crippen LogP contribution < -0.4 is 13.3 Å². The fourth-order valence-electron chi connectivity index (χ4n) is 2.56. The number of halogens is 3. The van der Waals surface area contributed by atoms with E-state index in [1.807, 2.05) is 91.0 Å². The molecule has 0 aliphatic heterocycles. The van der Waals surface area contributed by atoms with Crippen molar-refractivity contribution in [1.29, 1.82) is 0 Å². The molecular weight excluding hydrogens is 389 g/mol. The molecule has 0 amide bonds. The van der Waals surface area contributed by atoms with Gasteiger partial charge in [0.1, 0.15) is 0 Å². The van der Waals surface area contributed by atoms with Crippen LogP contribution in [0.3, 0.4) is 0 Å². The van der Waals surface area contributed by atoms with Gasteiger partial charge in [-0.15, -0.1) is 0 Å². The van der Waals surface area contributed by atoms with E-state index in [9.17, 15) is 0 Å². The highest BCUT2D eigenvalue weighted by atomic mass is 35.5. The Morgan fingerprint density at radius 1 is 0.538 bits per heavy atom. The fourth-order valence-corrected chi connectivity index (χ4v) is 3.36. The highest BCUT2D eigenvalue weighted by Gasteiger charge is 2.27. The third-order valence-electron chi connectivity index (χ3n) is 3.89. The first-order valence-corrected chi connectivity index (χ1v) is 9.17. The number of benzene rings is 3. The van der Waals surface area contributed by atoms with Crippen molar-refractivity contribution in [3.05, 3.63) is 91.0 Å². The molecule has 0 atom stereocenters. The Hall–Kier alpha value is -2.07. The second-order valence-electron chi connectivity index (χ2n) is 5.65. The lowest BCUT2D eigenvalue weighted by atomic mass is 10.2. The average molecular weight is 407 g/mol. The molecule has 134 valence electrons. The third kappa shape index (κ3) is 4.55. The fraction of sp³-hybridized carbons (Fsp3) is 0.100. The second-order valence-corrected chi connectivity index (χ2v) is 6.79. The first-order chi connectivity index (χ1) is 12.7. The molecule has 0 saturated heterocycles. The maximum Gasteiger partial charge on any atom is 0.151 e. The summed E-state index contributed by atoms with van der Waals surface area (Å²) < 4.78 is 4.80. The van der Waals surface area contributed by atoms with Gasteiger partial charge in [0, 0.05) is 35.3 Å². The molecule has 0 unspecified atom stereocenters. The molecule has 0 bridgehead atoms. The standard InChI is InChI=1S/C20H18Cl3N3/c21-24(17-10-4-1-5-11-17)16-20(25(22)18-12-6-2-7-13-18)26(23)19-14-8-3-9-15-19/h1-15,20H,16H2. The van der Waals surface area contributed by atoms with Gasteiger partial charge in [0.25, 0.3) is 0 Å². The van der Waals surface area contributed by atoms with Gasteiger partial charge in [-0.05, 0) is 36.4 Å². The van der Waals surface area contributed by atoms with Crippen LogP contribution in [0.15, 0.2) is 91.0 Å². The predicted molar refractivity (Wildman–Crippen MR) is 113 cm³/mol. The Labute approximate surface area is 169 Å². The van der Waals surface area contributed by atoms with E-state index in [0.29, 0.717) is 6.54 Å². The Kier molecular flexibility index (Phi) is 6.51. The van der Waals surface area contributed by atoms with Crippen LogP contribution in [0.25, 0.3) is 0 Å². The van der Waals surface area contributed by atoms with Gasteiger partial charge in [0.05, 0.1) is 23.6 Å². The van der Waals surface area contributed by atoms with Gasteiger partial charge >= 0.3 is 0 Å². The summed E-state index contributed by atoms with van der Waals surface area (Å²) >= 11 is 19.9. The summed E-state index contributed by atoms with van der Waals surface area (Å²) in [6, 6.07) is 29.0. The first-order valence-electron chi connectivity index (χ1n) is 8.15. The summed E-state index contributed by atoms with van der Waals surface area (Å²) in [6.45, 7) is 0.377. The SMILES string of the molecule is ClN(CC(N(Cl)c1ccccc1)N(Cl)c1ccccc1)c1ccccc1. The summed E-state index contributed by atoms with van der Waals surface area (Å²) in [5.74, 6) is 0. The zero-order chi connectivity index (χ0) is 18.4. The van der Waals surface area contributed by atoms with Crippen LogP contribution in [0.4, 0.5) is 17.1 Å². The highest BCUT2D eigenvalue weighted by Crippen LogP contribution is 2.29. The van der Waals surface area contributed by atoms with Gasteiger partial charge < -0.3 is 0 Å². The van der Waals surface area contributed by atoms with Crippen molar-refractivity contribution in [2.45, 2.75) is 6.17 Å². The molecule has 3 aromatic carbocycles. The molecule has 6 heteroatoms. The smallest absolute Gasteiger partial charge is 0.151 e. The van der Waals surface area contributed by atoms with Gasteiger partial charge in [0.15, 0.2) is 6.17 Å². The Bertz CT molecular complexity index is 742. The molecule has 0 aromatic heterocycles. The van der Waals surface area contributed by atoms with Crippen LogP contribution in [0.1, 0.15) is 0 Å². The van der Waals surface area contributed by atoms with Crippen molar-refractivity contribution in [2.24, 2.45) is 0 Å². The molecule has 3 nitrogen and oxygen atoms in total. The van der Waals surface area contributed by atoms with Crippen molar-refractivity contribution in [2.75, 3.05) is 19.8 Å². The lowest BCUT2D eigenvalue weighted by Crippen LogP contribution is -2.46. The summed E-state index contributed by atoms with van der Waals surface area (Å²) in [7, 11) is 0. The van der Waals surface area contributed by atoms with E-state index in [-0.39, 0.29) is 0 Å². The molecule has 3 rings (SSSR count). The molecule has 0 radical (unpaired) electrons. The van der Waals surface area contributed by atoms with Crippen LogP contribution >= 0.6 is 35.3 Å². The van der Waals surface area contributed by atoms with E-state index in [1.54, 1.807) is 13.3 Å². The van der Waals surface area contributed by atoms with Crippen LogP contribution in [-0.2, 0) is 0 Å². The molecule has 0 saturated carbocycles. The van der Waals surface area contributed by atoms with Crippen LogP contribution in [0.5, 0.6) is 0 Å². The lowest BCUT2D eigenvalue weighted by molar-refractivity contribution is 0.719. The first kappa shape index (κ1) is 18.7. The number of hydrogen-bond acceptors (Lipinski definition) is 3. The largest absolute Gasteiger partial charge is 0.281 e. The highest BCUT2D eigenvalue weighted by molar-refractivity contribution is 6.30. The lowest BCUT2D eigenvalue weighted by Gasteiger charge is -2.35. The van der Waals surface area contributed by atoms with E-state index in [4.69, 9.17) is 35.3 Å². The molecule has 0 heterocycles. The van der Waals surface area contributed by atoms with E-state index in [1.165, 1.54) is 0 Å². The molecular formula is C20H18Cl3N3. The summed E-state index contributed by atoms with van der Waals surface area (Å²) in [4.78, 5) is 0. The molecule has 3 aromatic rings. The van der Waals surface area contributed by atoms with Crippen molar-refractivity contribution < 1.29 is 0 Å². The Morgan fingerprint density at radius 3 is 1.27 bits per heavy atom. The van der Waals surface area contributed by atoms with Crippen molar-refractivity contribution in [1.82, 2.24) is 0 Å². The maximum atomic E-state index is 6.67. The Morgan fingerprint density at radius 2 is 0.885 bits per heavy atom. The zero-order valence-corrected chi connectivity index (χ0v) is 16.2. The minimum absolute atomic E-state index is 0.377. The average Bonchev–Trinajstić information content (AvgIpc) is 2.73. The quantitative estimate of drug-likeness (QED) is 0.337. The van der Waals surface area contributed by atoms with Crippen LogP contribution in [0, 0.1) is 0 Å². The minimum atomic E-state index is -0.416. The second kappa shape index (κ2) is 9.04. The summed E-state index contributed by atoms with van der Waals surface area (Å²) in [5.41, 5.74) is 2.54. The molecule has 0 spiro atoms. The topological polar surface area (TPSA) is 9.72 Å². The van der Waals surface area contributed by atoms with Gasteiger partial charge in [-0.25, -0.2) is 0 Å².